The van der Waals surface area contributed by atoms with Crippen LogP contribution in [0.3, 0.4) is 0 Å². The molecule has 3 heterocycles. The Morgan fingerprint density at radius 1 is 1.29 bits per heavy atom. The van der Waals surface area contributed by atoms with E-state index in [1.54, 1.807) is 35.0 Å². The number of nitrogens with two attached hydrogens (primary N) is 1. The van der Waals surface area contributed by atoms with Gasteiger partial charge in [-0.05, 0) is 48.8 Å². The number of benzene rings is 1. The number of fused-ring (bicyclic) bond motifs is 1. The molecule has 0 spiro atoms. The Morgan fingerprint density at radius 2 is 2.06 bits per heavy atom. The molecule has 3 aromatic rings. The highest BCUT2D eigenvalue weighted by molar-refractivity contribution is 5.93. The first-order valence-electron chi connectivity index (χ1n) is 9.98. The summed E-state index contributed by atoms with van der Waals surface area (Å²) in [6, 6.07) is 9.21. The van der Waals surface area contributed by atoms with Crippen molar-refractivity contribution in [1.82, 2.24) is 19.9 Å². The molecule has 1 aromatic carbocycles. The number of amides is 2. The zero-order valence-corrected chi connectivity index (χ0v) is 16.7. The molecule has 156 valence electrons. The van der Waals surface area contributed by atoms with Gasteiger partial charge in [0.1, 0.15) is 11.6 Å². The molecular formula is C22H21N7O2. The van der Waals surface area contributed by atoms with E-state index in [2.05, 4.69) is 27.6 Å². The number of anilines is 3. The van der Waals surface area contributed by atoms with Crippen molar-refractivity contribution in [3.63, 3.8) is 0 Å². The highest BCUT2D eigenvalue weighted by Crippen LogP contribution is 2.29. The largest absolute Gasteiger partial charge is 0.367 e. The molecule has 1 aliphatic heterocycles. The SMILES string of the molecule is C=C1NC(=O)C/C1=C\c1cnn2c(NC3CC3)cc(Nc3ccc(C(N)=O)cc3)nc12. The van der Waals surface area contributed by atoms with Gasteiger partial charge in [-0.25, -0.2) is 4.98 Å². The Kier molecular flexibility index (Phi) is 4.43. The van der Waals surface area contributed by atoms with Crippen molar-refractivity contribution in [3.05, 3.63) is 65.5 Å². The molecule has 0 bridgehead atoms. The Morgan fingerprint density at radius 3 is 2.71 bits per heavy atom. The van der Waals surface area contributed by atoms with Gasteiger partial charge in [0.2, 0.25) is 11.8 Å². The molecule has 9 nitrogen and oxygen atoms in total. The van der Waals surface area contributed by atoms with Crippen LogP contribution < -0.4 is 21.7 Å². The third kappa shape index (κ3) is 3.85. The van der Waals surface area contributed by atoms with Crippen LogP contribution in [0.15, 0.2) is 54.4 Å². The minimum absolute atomic E-state index is 0.0708. The molecule has 2 aliphatic rings. The number of allylic oxidation sites excluding steroid dienone is 1. The lowest BCUT2D eigenvalue weighted by atomic mass is 10.1. The summed E-state index contributed by atoms with van der Waals surface area (Å²) in [5.74, 6) is 0.911. The summed E-state index contributed by atoms with van der Waals surface area (Å²) in [5.41, 5.74) is 9.39. The Bertz CT molecular complexity index is 1250. The molecule has 5 N–H and O–H groups in total. The van der Waals surface area contributed by atoms with Crippen LogP contribution in [0.1, 0.15) is 35.2 Å². The lowest BCUT2D eigenvalue weighted by Gasteiger charge is -2.12. The number of hydrogen-bond donors (Lipinski definition) is 4. The quantitative estimate of drug-likeness (QED) is 0.490. The number of nitrogens with one attached hydrogen (secondary N) is 3. The third-order valence-corrected chi connectivity index (χ3v) is 5.23. The Hall–Kier alpha value is -4.14. The van der Waals surface area contributed by atoms with Crippen molar-refractivity contribution in [1.29, 1.82) is 0 Å². The fraction of sp³-hybridized carbons (Fsp3) is 0.182. The van der Waals surface area contributed by atoms with Crippen LogP contribution in [0.5, 0.6) is 0 Å². The van der Waals surface area contributed by atoms with Crippen LogP contribution in [-0.4, -0.2) is 32.5 Å². The monoisotopic (exact) mass is 415 g/mol. The molecule has 5 rings (SSSR count). The van der Waals surface area contributed by atoms with Crippen molar-refractivity contribution >= 4 is 40.9 Å². The van der Waals surface area contributed by atoms with Crippen LogP contribution >= 0.6 is 0 Å². The highest BCUT2D eigenvalue weighted by Gasteiger charge is 2.24. The molecule has 2 aromatic heterocycles. The topological polar surface area (TPSA) is 126 Å². The number of nitrogens with zero attached hydrogens (tertiary/aromatic N) is 3. The van der Waals surface area contributed by atoms with Gasteiger partial charge in [-0.1, -0.05) is 6.58 Å². The van der Waals surface area contributed by atoms with E-state index in [0.29, 0.717) is 28.8 Å². The highest BCUT2D eigenvalue weighted by atomic mass is 16.2. The summed E-state index contributed by atoms with van der Waals surface area (Å²) in [5, 5.41) is 14.0. The molecular weight excluding hydrogens is 394 g/mol. The van der Waals surface area contributed by atoms with Gasteiger partial charge in [-0.2, -0.15) is 9.61 Å². The Balaban J connectivity index is 1.53. The summed E-state index contributed by atoms with van der Waals surface area (Å²) in [4.78, 5) is 27.7. The van der Waals surface area contributed by atoms with Crippen LogP contribution in [0.4, 0.5) is 17.3 Å². The van der Waals surface area contributed by atoms with E-state index < -0.39 is 5.91 Å². The van der Waals surface area contributed by atoms with Crippen LogP contribution in [0.2, 0.25) is 0 Å². The number of hydrogen-bond acceptors (Lipinski definition) is 6. The van der Waals surface area contributed by atoms with Crippen LogP contribution in [0, 0.1) is 0 Å². The van der Waals surface area contributed by atoms with Gasteiger partial charge in [0.05, 0.1) is 12.6 Å². The normalized spacial score (nSPS) is 17.2. The fourth-order valence-corrected chi connectivity index (χ4v) is 3.45. The number of rotatable bonds is 6. The second-order valence-electron chi connectivity index (χ2n) is 7.72. The maximum atomic E-state index is 11.7. The number of aromatic nitrogens is 3. The molecule has 0 radical (unpaired) electrons. The van der Waals surface area contributed by atoms with E-state index in [1.165, 1.54) is 0 Å². The second kappa shape index (κ2) is 7.28. The summed E-state index contributed by atoms with van der Waals surface area (Å²) in [6.45, 7) is 3.90. The number of carbonyl (C=O) groups is 2. The summed E-state index contributed by atoms with van der Waals surface area (Å²) in [6.07, 6.45) is 6.14. The number of primary amides is 1. The Labute approximate surface area is 178 Å². The first kappa shape index (κ1) is 18.9. The molecule has 0 unspecified atom stereocenters. The maximum absolute atomic E-state index is 11.7. The van der Waals surface area contributed by atoms with Gasteiger partial charge in [-0.3, -0.25) is 9.59 Å². The molecule has 0 atom stereocenters. The van der Waals surface area contributed by atoms with Crippen LogP contribution in [0.25, 0.3) is 11.7 Å². The van der Waals surface area contributed by atoms with Gasteiger partial charge in [0, 0.05) is 34.6 Å². The molecule has 2 fully saturated rings. The van der Waals surface area contributed by atoms with E-state index in [9.17, 15) is 9.59 Å². The van der Waals surface area contributed by atoms with Crippen LogP contribution in [-0.2, 0) is 4.79 Å². The van der Waals surface area contributed by atoms with Gasteiger partial charge in [-0.15, -0.1) is 0 Å². The molecule has 31 heavy (non-hydrogen) atoms. The van der Waals surface area contributed by atoms with Gasteiger partial charge >= 0.3 is 0 Å². The molecule has 9 heteroatoms. The van der Waals surface area contributed by atoms with Crippen molar-refractivity contribution < 1.29 is 9.59 Å². The predicted molar refractivity (Wildman–Crippen MR) is 118 cm³/mol. The lowest BCUT2D eigenvalue weighted by molar-refractivity contribution is -0.118. The minimum atomic E-state index is -0.472. The van der Waals surface area contributed by atoms with Gasteiger partial charge < -0.3 is 21.7 Å². The molecule has 1 saturated carbocycles. The van der Waals surface area contributed by atoms with Gasteiger partial charge in [0.15, 0.2) is 5.65 Å². The second-order valence-corrected chi connectivity index (χ2v) is 7.72. The minimum Gasteiger partial charge on any atom is -0.367 e. The first-order valence-corrected chi connectivity index (χ1v) is 9.98. The lowest BCUT2D eigenvalue weighted by Crippen LogP contribution is -2.10. The van der Waals surface area contributed by atoms with E-state index in [1.807, 2.05) is 12.1 Å². The van der Waals surface area contributed by atoms with Crippen molar-refractivity contribution in [2.24, 2.45) is 5.73 Å². The van der Waals surface area contributed by atoms with E-state index in [-0.39, 0.29) is 12.3 Å². The molecule has 1 saturated heterocycles. The summed E-state index contributed by atoms with van der Waals surface area (Å²) >= 11 is 0. The molecule has 2 amide bonds. The zero-order chi connectivity index (χ0) is 21.5. The average Bonchev–Trinajstić information content (AvgIpc) is 3.37. The maximum Gasteiger partial charge on any atom is 0.248 e. The van der Waals surface area contributed by atoms with E-state index >= 15 is 0 Å². The van der Waals surface area contributed by atoms with Crippen molar-refractivity contribution in [3.8, 4) is 0 Å². The smallest absolute Gasteiger partial charge is 0.248 e. The van der Waals surface area contributed by atoms with E-state index in [4.69, 9.17) is 10.7 Å². The zero-order valence-electron chi connectivity index (χ0n) is 16.7. The average molecular weight is 415 g/mol. The van der Waals surface area contributed by atoms with E-state index in [0.717, 1.165) is 35.5 Å². The third-order valence-electron chi connectivity index (χ3n) is 5.23. The first-order chi connectivity index (χ1) is 15.0. The van der Waals surface area contributed by atoms with Crippen molar-refractivity contribution in [2.45, 2.75) is 25.3 Å². The standard InChI is InChI=1S/C22H21N7O2/c1-12-14(9-20(30)25-12)8-15-11-24-29-19(27-17-6-7-17)10-18(28-22(15)29)26-16-4-2-13(3-5-16)21(23)31/h2-5,8,10-11,17,27H,1,6-7,9H2,(H2,23,31)(H,25,30)(H,26,28)/b14-8+. The fourth-order valence-electron chi connectivity index (χ4n) is 3.45. The molecule has 1 aliphatic carbocycles. The van der Waals surface area contributed by atoms with Crippen molar-refractivity contribution in [2.75, 3.05) is 10.6 Å². The predicted octanol–water partition coefficient (Wildman–Crippen LogP) is 2.56. The number of carbonyl (C=O) groups excluding carboxylic acids is 2. The summed E-state index contributed by atoms with van der Waals surface area (Å²) < 4.78 is 1.76. The van der Waals surface area contributed by atoms with Gasteiger partial charge in [0.25, 0.3) is 0 Å². The summed E-state index contributed by atoms with van der Waals surface area (Å²) in [7, 11) is 0.